The van der Waals surface area contributed by atoms with Gasteiger partial charge < -0.3 is 20.3 Å². The maximum Gasteiger partial charge on any atom is 0.266 e. The molecule has 2 aliphatic rings. The molecule has 6 nitrogen and oxygen atoms in total. The monoisotopic (exact) mass is 433 g/mol. The highest BCUT2D eigenvalue weighted by Crippen LogP contribution is 2.30. The SMILES string of the molecule is CC1N=C(N[C@H](C)c2cccc(C(F)F)c2F)c2cc(N3CCOC[C@H]3C)ncc2N1. The van der Waals surface area contributed by atoms with Crippen molar-refractivity contribution in [3.8, 4) is 0 Å². The second kappa shape index (κ2) is 8.74. The van der Waals surface area contributed by atoms with Crippen LogP contribution in [0.4, 0.5) is 24.7 Å². The summed E-state index contributed by atoms with van der Waals surface area (Å²) in [5.41, 5.74) is 1.19. The fraction of sp³-hybridized carbons (Fsp3) is 0.455. The lowest BCUT2D eigenvalue weighted by Gasteiger charge is -2.35. The third-order valence-corrected chi connectivity index (χ3v) is 5.61. The molecule has 0 amide bonds. The van der Waals surface area contributed by atoms with Gasteiger partial charge in [-0.3, -0.25) is 0 Å². The number of halogens is 3. The largest absolute Gasteiger partial charge is 0.377 e. The van der Waals surface area contributed by atoms with Crippen molar-refractivity contribution in [1.29, 1.82) is 0 Å². The number of nitrogens with one attached hydrogen (secondary N) is 2. The number of pyridine rings is 1. The molecule has 0 spiro atoms. The number of anilines is 2. The van der Waals surface area contributed by atoms with Gasteiger partial charge in [-0.2, -0.15) is 0 Å². The number of hydrogen-bond acceptors (Lipinski definition) is 6. The van der Waals surface area contributed by atoms with E-state index >= 15 is 0 Å². The molecule has 4 rings (SSSR count). The summed E-state index contributed by atoms with van der Waals surface area (Å²) in [4.78, 5) is 11.4. The fourth-order valence-corrected chi connectivity index (χ4v) is 3.97. The van der Waals surface area contributed by atoms with Crippen LogP contribution in [0.5, 0.6) is 0 Å². The van der Waals surface area contributed by atoms with Gasteiger partial charge in [-0.1, -0.05) is 18.2 Å². The third kappa shape index (κ3) is 4.32. The molecule has 9 heteroatoms. The first-order valence-corrected chi connectivity index (χ1v) is 10.4. The van der Waals surface area contributed by atoms with Crippen LogP contribution in [0.3, 0.4) is 0 Å². The highest BCUT2D eigenvalue weighted by atomic mass is 19.3. The first kappa shape index (κ1) is 21.4. The number of fused-ring (bicyclic) bond motifs is 1. The fourth-order valence-electron chi connectivity index (χ4n) is 3.97. The molecule has 1 unspecified atom stereocenters. The van der Waals surface area contributed by atoms with E-state index in [1.165, 1.54) is 12.1 Å². The van der Waals surface area contributed by atoms with Crippen molar-refractivity contribution >= 4 is 17.3 Å². The van der Waals surface area contributed by atoms with Crippen LogP contribution in [-0.4, -0.2) is 42.8 Å². The molecule has 2 N–H and O–H groups in total. The lowest BCUT2D eigenvalue weighted by atomic mass is 10.0. The van der Waals surface area contributed by atoms with Crippen molar-refractivity contribution in [3.05, 3.63) is 53.0 Å². The van der Waals surface area contributed by atoms with Gasteiger partial charge in [0.1, 0.15) is 23.6 Å². The molecule has 2 aromatic rings. The van der Waals surface area contributed by atoms with Crippen LogP contribution in [0.1, 0.15) is 49.9 Å². The minimum absolute atomic E-state index is 0.171. The van der Waals surface area contributed by atoms with Gasteiger partial charge in [-0.25, -0.2) is 23.1 Å². The molecule has 166 valence electrons. The van der Waals surface area contributed by atoms with E-state index in [0.29, 0.717) is 19.0 Å². The summed E-state index contributed by atoms with van der Waals surface area (Å²) in [7, 11) is 0. The summed E-state index contributed by atoms with van der Waals surface area (Å²) >= 11 is 0. The first-order chi connectivity index (χ1) is 14.8. The van der Waals surface area contributed by atoms with Crippen molar-refractivity contribution in [1.82, 2.24) is 10.3 Å². The number of ether oxygens (including phenoxy) is 1. The van der Waals surface area contributed by atoms with Gasteiger partial charge in [-0.05, 0) is 26.8 Å². The van der Waals surface area contributed by atoms with E-state index in [1.54, 1.807) is 13.1 Å². The van der Waals surface area contributed by atoms with Gasteiger partial charge in [0.25, 0.3) is 6.43 Å². The second-order valence-corrected chi connectivity index (χ2v) is 7.92. The lowest BCUT2D eigenvalue weighted by Crippen LogP contribution is -2.44. The van der Waals surface area contributed by atoms with Crippen molar-refractivity contribution in [2.45, 2.75) is 45.4 Å². The first-order valence-electron chi connectivity index (χ1n) is 10.4. The van der Waals surface area contributed by atoms with E-state index in [4.69, 9.17) is 4.74 Å². The van der Waals surface area contributed by atoms with E-state index in [9.17, 15) is 13.2 Å². The molecule has 0 aliphatic carbocycles. The highest BCUT2D eigenvalue weighted by molar-refractivity contribution is 6.05. The lowest BCUT2D eigenvalue weighted by molar-refractivity contribution is 0.0985. The van der Waals surface area contributed by atoms with Crippen LogP contribution in [0.25, 0.3) is 0 Å². The molecule has 0 saturated carbocycles. The van der Waals surface area contributed by atoms with Crippen LogP contribution in [0.2, 0.25) is 0 Å². The maximum absolute atomic E-state index is 14.6. The molecular weight excluding hydrogens is 407 g/mol. The molecule has 3 heterocycles. The summed E-state index contributed by atoms with van der Waals surface area (Å²) in [6.45, 7) is 7.70. The van der Waals surface area contributed by atoms with Crippen LogP contribution < -0.4 is 15.5 Å². The van der Waals surface area contributed by atoms with Gasteiger partial charge in [0, 0.05) is 17.7 Å². The van der Waals surface area contributed by atoms with Crippen LogP contribution >= 0.6 is 0 Å². The highest BCUT2D eigenvalue weighted by Gasteiger charge is 2.26. The summed E-state index contributed by atoms with van der Waals surface area (Å²) in [6, 6.07) is 5.64. The molecular formula is C22H26F3N5O. The van der Waals surface area contributed by atoms with E-state index in [0.717, 1.165) is 29.7 Å². The average molecular weight is 433 g/mol. The summed E-state index contributed by atoms with van der Waals surface area (Å²) < 4.78 is 46.4. The van der Waals surface area contributed by atoms with E-state index in [-0.39, 0.29) is 17.8 Å². The zero-order valence-electron chi connectivity index (χ0n) is 17.7. The quantitative estimate of drug-likeness (QED) is 0.755. The number of hydrogen-bond donors (Lipinski definition) is 2. The Morgan fingerprint density at radius 1 is 1.26 bits per heavy atom. The van der Waals surface area contributed by atoms with Crippen LogP contribution in [0.15, 0.2) is 35.5 Å². The molecule has 1 aromatic carbocycles. The Hall–Kier alpha value is -2.81. The molecule has 31 heavy (non-hydrogen) atoms. The Labute approximate surface area is 179 Å². The van der Waals surface area contributed by atoms with Crippen LogP contribution in [0, 0.1) is 5.82 Å². The Morgan fingerprint density at radius 3 is 2.77 bits per heavy atom. The maximum atomic E-state index is 14.6. The number of nitrogens with zero attached hydrogens (tertiary/aromatic N) is 3. The number of aliphatic imine (C=N–C) groups is 1. The van der Waals surface area contributed by atoms with Gasteiger partial charge >= 0.3 is 0 Å². The number of morpholine rings is 1. The Kier molecular flexibility index (Phi) is 6.04. The summed E-state index contributed by atoms with van der Waals surface area (Å²) in [6.07, 6.45) is -1.31. The van der Waals surface area contributed by atoms with Gasteiger partial charge in [-0.15, -0.1) is 0 Å². The van der Waals surface area contributed by atoms with E-state index in [2.05, 4.69) is 32.4 Å². The predicted molar refractivity (Wildman–Crippen MR) is 114 cm³/mol. The van der Waals surface area contributed by atoms with Crippen molar-refractivity contribution in [3.63, 3.8) is 0 Å². The smallest absolute Gasteiger partial charge is 0.266 e. The third-order valence-electron chi connectivity index (χ3n) is 5.61. The standard InChI is InChI=1S/C22H26F3N5O/c1-12-11-31-8-7-30(12)19-9-17-18(10-26-19)28-14(3)29-22(17)27-13(2)15-5-4-6-16(20(15)23)21(24)25/h4-6,9-10,12-14,21,28H,7-8,11H2,1-3H3,(H,27,29)/t12-,13-,14?/m1/s1. The Balaban J connectivity index is 1.64. The molecule has 0 radical (unpaired) electrons. The minimum Gasteiger partial charge on any atom is -0.377 e. The van der Waals surface area contributed by atoms with Crippen molar-refractivity contribution in [2.75, 3.05) is 30.0 Å². The van der Waals surface area contributed by atoms with Crippen molar-refractivity contribution in [2.24, 2.45) is 4.99 Å². The topological polar surface area (TPSA) is 61.8 Å². The van der Waals surface area contributed by atoms with Gasteiger partial charge in [0.2, 0.25) is 0 Å². The second-order valence-electron chi connectivity index (χ2n) is 7.92. The van der Waals surface area contributed by atoms with Gasteiger partial charge in [0.15, 0.2) is 0 Å². The number of benzene rings is 1. The minimum atomic E-state index is -2.87. The molecule has 3 atom stereocenters. The summed E-state index contributed by atoms with van der Waals surface area (Å²) in [5.74, 6) is 0.483. The zero-order chi connectivity index (χ0) is 22.1. The number of alkyl halides is 2. The number of rotatable bonds is 4. The Bertz CT molecular complexity index is 984. The zero-order valence-corrected chi connectivity index (χ0v) is 17.7. The molecule has 1 fully saturated rings. The molecule has 0 bridgehead atoms. The average Bonchev–Trinajstić information content (AvgIpc) is 2.73. The van der Waals surface area contributed by atoms with Gasteiger partial charge in [0.05, 0.1) is 42.7 Å². The van der Waals surface area contributed by atoms with E-state index in [1.807, 2.05) is 13.0 Å². The normalized spacial score (nSPS) is 21.9. The van der Waals surface area contributed by atoms with Crippen molar-refractivity contribution < 1.29 is 17.9 Å². The molecule has 1 saturated heterocycles. The summed E-state index contributed by atoms with van der Waals surface area (Å²) in [5, 5.41) is 6.50. The van der Waals surface area contributed by atoms with E-state index < -0.39 is 23.8 Å². The Morgan fingerprint density at radius 2 is 2.03 bits per heavy atom. The predicted octanol–water partition coefficient (Wildman–Crippen LogP) is 4.25. The molecule has 2 aliphatic heterocycles. The molecule has 1 aromatic heterocycles. The number of aromatic nitrogens is 1. The van der Waals surface area contributed by atoms with Crippen LogP contribution in [-0.2, 0) is 4.74 Å². The number of amidine groups is 1.